The lowest BCUT2D eigenvalue weighted by Gasteiger charge is -2.26. The molecule has 31 heavy (non-hydrogen) atoms. The Morgan fingerprint density at radius 1 is 0.968 bits per heavy atom. The van der Waals surface area contributed by atoms with Crippen molar-refractivity contribution >= 4 is 17.5 Å². The van der Waals surface area contributed by atoms with Gasteiger partial charge in [0.25, 0.3) is 0 Å². The van der Waals surface area contributed by atoms with Gasteiger partial charge in [0.2, 0.25) is 0 Å². The van der Waals surface area contributed by atoms with Gasteiger partial charge < -0.3 is 4.57 Å². The number of aryl methyl sites for hydroxylation is 2. The normalized spacial score (nSPS) is 14.6. The van der Waals surface area contributed by atoms with E-state index >= 15 is 0 Å². The molecular formula is C25H30N4OS. The predicted octanol–water partition coefficient (Wildman–Crippen LogP) is 4.90. The fourth-order valence-corrected chi connectivity index (χ4v) is 4.96. The molecule has 0 saturated carbocycles. The number of hydrogen-bond donors (Lipinski definition) is 0. The van der Waals surface area contributed by atoms with Gasteiger partial charge in [0, 0.05) is 5.56 Å². The van der Waals surface area contributed by atoms with E-state index in [2.05, 4.69) is 50.0 Å². The zero-order valence-corrected chi connectivity index (χ0v) is 19.2. The van der Waals surface area contributed by atoms with E-state index < -0.39 is 0 Å². The topological polar surface area (TPSA) is 51.0 Å². The summed E-state index contributed by atoms with van der Waals surface area (Å²) in [5.74, 6) is 1.47. The van der Waals surface area contributed by atoms with Crippen molar-refractivity contribution in [2.24, 2.45) is 0 Å². The van der Waals surface area contributed by atoms with Gasteiger partial charge in [0.05, 0.1) is 18.8 Å². The molecule has 0 bridgehead atoms. The quantitative estimate of drug-likeness (QED) is 0.373. The molecular weight excluding hydrogens is 404 g/mol. The van der Waals surface area contributed by atoms with Crippen LogP contribution in [0.15, 0.2) is 53.7 Å². The fraction of sp³-hybridized carbons (Fsp3) is 0.400. The molecule has 0 radical (unpaired) electrons. The van der Waals surface area contributed by atoms with E-state index in [4.69, 9.17) is 0 Å². The second-order valence-electron chi connectivity index (χ2n) is 8.34. The van der Waals surface area contributed by atoms with Gasteiger partial charge in [-0.15, -0.1) is 10.2 Å². The monoisotopic (exact) mass is 434 g/mol. The van der Waals surface area contributed by atoms with Crippen molar-refractivity contribution in [2.75, 3.05) is 18.8 Å². The number of piperidine rings is 1. The molecule has 2 heterocycles. The third-order valence-corrected chi connectivity index (χ3v) is 6.77. The number of rotatable bonds is 8. The van der Waals surface area contributed by atoms with E-state index in [0.717, 1.165) is 48.3 Å². The minimum absolute atomic E-state index is 0.134. The smallest absolute Gasteiger partial charge is 0.192 e. The third-order valence-electron chi connectivity index (χ3n) is 5.81. The summed E-state index contributed by atoms with van der Waals surface area (Å²) in [4.78, 5) is 15.3. The van der Waals surface area contributed by atoms with Gasteiger partial charge in [0.15, 0.2) is 10.9 Å². The Bertz CT molecular complexity index is 1030. The fourth-order valence-electron chi connectivity index (χ4n) is 4.12. The number of likely N-dealkylation sites (tertiary alicyclic amines) is 1. The van der Waals surface area contributed by atoms with Crippen molar-refractivity contribution in [3.63, 3.8) is 0 Å². The second kappa shape index (κ2) is 10.2. The van der Waals surface area contributed by atoms with E-state index in [-0.39, 0.29) is 5.78 Å². The SMILES string of the molecule is Cc1ccc(C(=O)CSc2nnc(CN3CCCCC3)n2Cc2ccccc2)c(C)c1. The summed E-state index contributed by atoms with van der Waals surface area (Å²) in [7, 11) is 0. The van der Waals surface area contributed by atoms with E-state index in [9.17, 15) is 4.79 Å². The van der Waals surface area contributed by atoms with Crippen molar-refractivity contribution in [1.82, 2.24) is 19.7 Å². The van der Waals surface area contributed by atoms with Crippen molar-refractivity contribution in [2.45, 2.75) is 51.4 Å². The molecule has 0 spiro atoms. The number of hydrogen-bond acceptors (Lipinski definition) is 5. The highest BCUT2D eigenvalue weighted by Crippen LogP contribution is 2.23. The number of benzene rings is 2. The van der Waals surface area contributed by atoms with Crippen LogP contribution in [0.5, 0.6) is 0 Å². The average Bonchev–Trinajstić information content (AvgIpc) is 3.14. The Labute approximate surface area is 188 Å². The van der Waals surface area contributed by atoms with Crippen molar-refractivity contribution < 1.29 is 4.79 Å². The lowest BCUT2D eigenvalue weighted by Crippen LogP contribution is -2.30. The van der Waals surface area contributed by atoms with Gasteiger partial charge >= 0.3 is 0 Å². The van der Waals surface area contributed by atoms with Crippen molar-refractivity contribution in [3.8, 4) is 0 Å². The summed E-state index contributed by atoms with van der Waals surface area (Å²) >= 11 is 1.49. The van der Waals surface area contributed by atoms with E-state index in [1.54, 1.807) is 0 Å². The molecule has 0 N–H and O–H groups in total. The van der Waals surface area contributed by atoms with Gasteiger partial charge in [-0.1, -0.05) is 72.3 Å². The largest absolute Gasteiger partial charge is 0.300 e. The Hall–Kier alpha value is -2.44. The van der Waals surface area contributed by atoms with Crippen molar-refractivity contribution in [1.29, 1.82) is 0 Å². The van der Waals surface area contributed by atoms with Crippen LogP contribution in [0.1, 0.15) is 52.1 Å². The van der Waals surface area contributed by atoms with Crippen LogP contribution < -0.4 is 0 Å². The summed E-state index contributed by atoms with van der Waals surface area (Å²) in [6.07, 6.45) is 3.81. The molecule has 0 aliphatic carbocycles. The molecule has 2 aromatic carbocycles. The molecule has 1 saturated heterocycles. The molecule has 3 aromatic rings. The number of nitrogens with zero attached hydrogens (tertiary/aromatic N) is 4. The van der Waals surface area contributed by atoms with Gasteiger partial charge in [-0.05, 0) is 50.9 Å². The Morgan fingerprint density at radius 2 is 1.74 bits per heavy atom. The highest BCUT2D eigenvalue weighted by atomic mass is 32.2. The highest BCUT2D eigenvalue weighted by molar-refractivity contribution is 7.99. The van der Waals surface area contributed by atoms with Crippen LogP contribution >= 0.6 is 11.8 Å². The Balaban J connectivity index is 1.52. The first-order chi connectivity index (χ1) is 15.1. The zero-order chi connectivity index (χ0) is 21.6. The van der Waals surface area contributed by atoms with Crippen molar-refractivity contribution in [3.05, 3.63) is 76.6 Å². The standard InChI is InChI=1S/C25H30N4OS/c1-19-11-12-22(20(2)15-19)23(30)18-31-25-27-26-24(17-28-13-7-4-8-14-28)29(25)16-21-9-5-3-6-10-21/h3,5-6,9-12,15H,4,7-8,13-14,16-18H2,1-2H3. The average molecular weight is 435 g/mol. The Kier molecular flexibility index (Phi) is 7.20. The molecule has 1 aliphatic heterocycles. The van der Waals surface area contributed by atoms with Crippen LogP contribution in [-0.4, -0.2) is 44.3 Å². The molecule has 1 aliphatic rings. The number of ketones is 1. The summed E-state index contributed by atoms with van der Waals surface area (Å²) in [5.41, 5.74) is 4.21. The molecule has 1 aromatic heterocycles. The molecule has 0 unspecified atom stereocenters. The lowest BCUT2D eigenvalue weighted by atomic mass is 10.0. The third kappa shape index (κ3) is 5.63. The Morgan fingerprint density at radius 3 is 2.48 bits per heavy atom. The summed E-state index contributed by atoms with van der Waals surface area (Å²) in [6.45, 7) is 7.81. The molecule has 6 heteroatoms. The zero-order valence-electron chi connectivity index (χ0n) is 18.4. The highest BCUT2D eigenvalue weighted by Gasteiger charge is 2.19. The van der Waals surface area contributed by atoms with Gasteiger partial charge in [-0.25, -0.2) is 0 Å². The van der Waals surface area contributed by atoms with Crippen LogP contribution in [0.3, 0.4) is 0 Å². The number of aromatic nitrogens is 3. The number of carbonyl (C=O) groups is 1. The summed E-state index contributed by atoms with van der Waals surface area (Å²) < 4.78 is 2.18. The van der Waals surface area contributed by atoms with Gasteiger partial charge in [-0.3, -0.25) is 9.69 Å². The van der Waals surface area contributed by atoms with Crippen LogP contribution in [-0.2, 0) is 13.1 Å². The summed E-state index contributed by atoms with van der Waals surface area (Å²) in [6, 6.07) is 16.4. The van der Waals surface area contributed by atoms with E-state index in [1.165, 1.54) is 42.2 Å². The van der Waals surface area contributed by atoms with Crippen LogP contribution in [0.2, 0.25) is 0 Å². The first-order valence-electron chi connectivity index (χ1n) is 11.0. The molecule has 1 fully saturated rings. The van der Waals surface area contributed by atoms with E-state index in [1.807, 2.05) is 32.0 Å². The minimum atomic E-state index is 0.134. The maximum atomic E-state index is 12.9. The maximum absolute atomic E-state index is 12.9. The first kappa shape index (κ1) is 21.8. The van der Waals surface area contributed by atoms with Crippen LogP contribution in [0.4, 0.5) is 0 Å². The number of carbonyl (C=O) groups excluding carboxylic acids is 1. The molecule has 4 rings (SSSR count). The van der Waals surface area contributed by atoms with E-state index in [0.29, 0.717) is 5.75 Å². The molecule has 162 valence electrons. The number of thioether (sulfide) groups is 1. The minimum Gasteiger partial charge on any atom is -0.300 e. The lowest BCUT2D eigenvalue weighted by molar-refractivity contribution is 0.102. The molecule has 0 amide bonds. The summed E-state index contributed by atoms with van der Waals surface area (Å²) in [5, 5.41) is 9.82. The first-order valence-corrected chi connectivity index (χ1v) is 12.0. The second-order valence-corrected chi connectivity index (χ2v) is 9.28. The van der Waals surface area contributed by atoms with Gasteiger partial charge in [-0.2, -0.15) is 0 Å². The van der Waals surface area contributed by atoms with Crippen LogP contribution in [0.25, 0.3) is 0 Å². The molecule has 0 atom stereocenters. The van der Waals surface area contributed by atoms with Crippen LogP contribution in [0, 0.1) is 13.8 Å². The number of Topliss-reactive ketones (excluding diaryl/α,β-unsaturated/α-hetero) is 1. The van der Waals surface area contributed by atoms with Gasteiger partial charge in [0.1, 0.15) is 5.82 Å². The maximum Gasteiger partial charge on any atom is 0.192 e. The predicted molar refractivity (Wildman–Crippen MR) is 126 cm³/mol. The molecule has 5 nitrogen and oxygen atoms in total.